The van der Waals surface area contributed by atoms with Crippen molar-refractivity contribution in [2.24, 2.45) is 0 Å². The Morgan fingerprint density at radius 1 is 1.50 bits per heavy atom. The van der Waals surface area contributed by atoms with Crippen molar-refractivity contribution in [1.82, 2.24) is 5.32 Å². The lowest BCUT2D eigenvalue weighted by molar-refractivity contribution is 0.0152. The van der Waals surface area contributed by atoms with E-state index in [4.69, 9.17) is 4.74 Å². The molecule has 1 aliphatic rings. The fraction of sp³-hybridized carbons (Fsp3) is 0.500. The Hall–Kier alpha value is -1.12. The van der Waals surface area contributed by atoms with Crippen molar-refractivity contribution in [3.8, 4) is 0 Å². The lowest BCUT2D eigenvalue weighted by Crippen LogP contribution is -2.36. The molecule has 0 aromatic heterocycles. The highest BCUT2D eigenvalue weighted by atomic mass is 16.5. The first kappa shape index (κ1) is 13.3. The van der Waals surface area contributed by atoms with Gasteiger partial charge in [-0.1, -0.05) is 29.8 Å². The van der Waals surface area contributed by atoms with Gasteiger partial charge in [0.25, 0.3) is 0 Å². The molecule has 0 radical (unpaired) electrons. The van der Waals surface area contributed by atoms with Crippen molar-refractivity contribution in [1.29, 1.82) is 0 Å². The molecule has 0 fully saturated rings. The summed E-state index contributed by atoms with van der Waals surface area (Å²) in [6.07, 6.45) is 3.33. The smallest absolute Gasteiger partial charge is 0.0980 e. The molecular weight excluding hydrogens is 222 g/mol. The first-order valence-corrected chi connectivity index (χ1v) is 6.73. The summed E-state index contributed by atoms with van der Waals surface area (Å²) in [5.41, 5.74) is 4.02. The standard InChI is InChI=1S/C16H23NO/c1-12(2)8-9-15(17-3)16-14-7-5-4-6-13(14)10-11-18-16/h4-7,15-17H,1,8-11H2,2-3H3. The molecule has 18 heavy (non-hydrogen) atoms. The van der Waals surface area contributed by atoms with E-state index < -0.39 is 0 Å². The van der Waals surface area contributed by atoms with Crippen LogP contribution in [0.4, 0.5) is 0 Å². The van der Waals surface area contributed by atoms with Crippen molar-refractivity contribution >= 4 is 0 Å². The SMILES string of the molecule is C=C(C)CCC(NC)C1OCCc2ccccc21. The van der Waals surface area contributed by atoms with Crippen LogP contribution >= 0.6 is 0 Å². The van der Waals surface area contributed by atoms with E-state index in [-0.39, 0.29) is 6.10 Å². The van der Waals surface area contributed by atoms with Crippen LogP contribution in [0.2, 0.25) is 0 Å². The molecule has 0 saturated carbocycles. The van der Waals surface area contributed by atoms with E-state index in [1.165, 1.54) is 16.7 Å². The maximum absolute atomic E-state index is 6.00. The molecule has 2 nitrogen and oxygen atoms in total. The summed E-state index contributed by atoms with van der Waals surface area (Å²) in [7, 11) is 2.02. The lowest BCUT2D eigenvalue weighted by atomic mass is 9.91. The molecule has 1 aliphatic heterocycles. The van der Waals surface area contributed by atoms with E-state index in [0.29, 0.717) is 6.04 Å². The lowest BCUT2D eigenvalue weighted by Gasteiger charge is -2.32. The summed E-state index contributed by atoms with van der Waals surface area (Å²) in [5.74, 6) is 0. The number of ether oxygens (including phenoxy) is 1. The van der Waals surface area contributed by atoms with Gasteiger partial charge in [-0.05, 0) is 44.4 Å². The predicted molar refractivity (Wildman–Crippen MR) is 75.7 cm³/mol. The third-order valence-corrected chi connectivity index (χ3v) is 3.65. The van der Waals surface area contributed by atoms with E-state index in [1.807, 2.05) is 7.05 Å². The number of rotatable bonds is 5. The van der Waals surface area contributed by atoms with Gasteiger partial charge in [0.2, 0.25) is 0 Å². The summed E-state index contributed by atoms with van der Waals surface area (Å²) >= 11 is 0. The fourth-order valence-electron chi connectivity index (χ4n) is 2.61. The van der Waals surface area contributed by atoms with Crippen LogP contribution in [0.1, 0.15) is 37.0 Å². The molecule has 0 amide bonds. The zero-order valence-electron chi connectivity index (χ0n) is 11.4. The molecule has 2 atom stereocenters. The molecule has 0 bridgehead atoms. The first-order valence-electron chi connectivity index (χ1n) is 6.73. The van der Waals surface area contributed by atoms with E-state index in [1.54, 1.807) is 0 Å². The second kappa shape index (κ2) is 6.17. The number of benzene rings is 1. The van der Waals surface area contributed by atoms with Crippen LogP contribution in [0, 0.1) is 0 Å². The fourth-order valence-corrected chi connectivity index (χ4v) is 2.61. The van der Waals surface area contributed by atoms with Crippen LogP contribution in [0.5, 0.6) is 0 Å². The van der Waals surface area contributed by atoms with Crippen LogP contribution in [-0.2, 0) is 11.2 Å². The maximum Gasteiger partial charge on any atom is 0.0980 e. The highest BCUT2D eigenvalue weighted by Crippen LogP contribution is 2.31. The van der Waals surface area contributed by atoms with Crippen LogP contribution < -0.4 is 5.32 Å². The maximum atomic E-state index is 6.00. The summed E-state index contributed by atoms with van der Waals surface area (Å²) in [6.45, 7) is 6.89. The summed E-state index contributed by atoms with van der Waals surface area (Å²) in [5, 5.41) is 3.40. The molecule has 2 rings (SSSR count). The third kappa shape index (κ3) is 3.01. The second-order valence-electron chi connectivity index (χ2n) is 5.13. The molecule has 0 saturated heterocycles. The minimum Gasteiger partial charge on any atom is -0.372 e. The quantitative estimate of drug-likeness (QED) is 0.804. The first-order chi connectivity index (χ1) is 8.72. The second-order valence-corrected chi connectivity index (χ2v) is 5.13. The molecule has 1 aromatic rings. The van der Waals surface area contributed by atoms with E-state index in [2.05, 4.69) is 43.1 Å². The Morgan fingerprint density at radius 3 is 3.00 bits per heavy atom. The van der Waals surface area contributed by atoms with Gasteiger partial charge in [0.1, 0.15) is 0 Å². The van der Waals surface area contributed by atoms with Gasteiger partial charge in [-0.3, -0.25) is 0 Å². The number of allylic oxidation sites excluding steroid dienone is 1. The molecule has 0 spiro atoms. The highest BCUT2D eigenvalue weighted by molar-refractivity contribution is 5.32. The van der Waals surface area contributed by atoms with Crippen LogP contribution in [0.25, 0.3) is 0 Å². The third-order valence-electron chi connectivity index (χ3n) is 3.65. The van der Waals surface area contributed by atoms with Gasteiger partial charge >= 0.3 is 0 Å². The topological polar surface area (TPSA) is 21.3 Å². The van der Waals surface area contributed by atoms with Crippen molar-refractivity contribution in [2.75, 3.05) is 13.7 Å². The monoisotopic (exact) mass is 245 g/mol. The minimum atomic E-state index is 0.180. The zero-order chi connectivity index (χ0) is 13.0. The molecule has 1 heterocycles. The van der Waals surface area contributed by atoms with Gasteiger partial charge < -0.3 is 10.1 Å². The van der Waals surface area contributed by atoms with Gasteiger partial charge in [-0.25, -0.2) is 0 Å². The number of nitrogens with one attached hydrogen (secondary N) is 1. The highest BCUT2D eigenvalue weighted by Gasteiger charge is 2.27. The van der Waals surface area contributed by atoms with Crippen molar-refractivity contribution < 1.29 is 4.74 Å². The number of hydrogen-bond donors (Lipinski definition) is 1. The molecule has 2 unspecified atom stereocenters. The molecular formula is C16H23NO. The molecule has 98 valence electrons. The predicted octanol–water partition coefficient (Wildman–Crippen LogP) is 3.24. The van der Waals surface area contributed by atoms with Gasteiger partial charge in [0.05, 0.1) is 12.7 Å². The zero-order valence-corrected chi connectivity index (χ0v) is 11.4. The Bertz CT molecular complexity index is 413. The number of fused-ring (bicyclic) bond motifs is 1. The Balaban J connectivity index is 2.14. The molecule has 0 aliphatic carbocycles. The number of likely N-dealkylation sites (N-methyl/N-ethyl adjacent to an activating group) is 1. The Morgan fingerprint density at radius 2 is 2.28 bits per heavy atom. The average molecular weight is 245 g/mol. The van der Waals surface area contributed by atoms with E-state index >= 15 is 0 Å². The van der Waals surface area contributed by atoms with Gasteiger partial charge in [0, 0.05) is 6.04 Å². The summed E-state index contributed by atoms with van der Waals surface area (Å²) in [4.78, 5) is 0. The average Bonchev–Trinajstić information content (AvgIpc) is 2.39. The van der Waals surface area contributed by atoms with Crippen molar-refractivity contribution in [2.45, 2.75) is 38.3 Å². The molecule has 1 aromatic carbocycles. The minimum absolute atomic E-state index is 0.180. The Kier molecular flexibility index (Phi) is 4.56. The normalized spacial score (nSPS) is 20.2. The van der Waals surface area contributed by atoms with Crippen LogP contribution in [0.3, 0.4) is 0 Å². The van der Waals surface area contributed by atoms with Crippen molar-refractivity contribution in [3.05, 3.63) is 47.5 Å². The van der Waals surface area contributed by atoms with Crippen LogP contribution in [-0.4, -0.2) is 19.7 Å². The number of hydrogen-bond acceptors (Lipinski definition) is 2. The molecule has 2 heteroatoms. The van der Waals surface area contributed by atoms with Gasteiger partial charge in [0.15, 0.2) is 0 Å². The van der Waals surface area contributed by atoms with Crippen molar-refractivity contribution in [3.63, 3.8) is 0 Å². The van der Waals surface area contributed by atoms with E-state index in [0.717, 1.165) is 25.9 Å². The largest absolute Gasteiger partial charge is 0.372 e. The van der Waals surface area contributed by atoms with Gasteiger partial charge in [-0.2, -0.15) is 0 Å². The Labute approximate surface area is 110 Å². The van der Waals surface area contributed by atoms with E-state index in [9.17, 15) is 0 Å². The van der Waals surface area contributed by atoms with Crippen LogP contribution in [0.15, 0.2) is 36.4 Å². The summed E-state index contributed by atoms with van der Waals surface area (Å²) < 4.78 is 6.00. The summed E-state index contributed by atoms with van der Waals surface area (Å²) in [6, 6.07) is 9.00. The molecule has 1 N–H and O–H groups in total. The van der Waals surface area contributed by atoms with Gasteiger partial charge in [-0.15, -0.1) is 6.58 Å².